The molecule has 178 valence electrons. The number of fused-ring (bicyclic) bond motifs is 1. The summed E-state index contributed by atoms with van der Waals surface area (Å²) < 4.78 is 27.7. The number of carbonyl (C=O) groups is 3. The van der Waals surface area contributed by atoms with E-state index in [-0.39, 0.29) is 56.9 Å². The molecule has 1 saturated carbocycles. The first kappa shape index (κ1) is 22.5. The van der Waals surface area contributed by atoms with Crippen LogP contribution in [0.15, 0.2) is 23.1 Å². The number of hydrogen-bond acceptors (Lipinski definition) is 5. The smallest absolute Gasteiger partial charge is 0.243 e. The fourth-order valence-electron chi connectivity index (χ4n) is 5.91. The summed E-state index contributed by atoms with van der Waals surface area (Å²) in [6.07, 6.45) is 7.61. The van der Waals surface area contributed by atoms with Gasteiger partial charge in [-0.05, 0) is 55.4 Å². The highest BCUT2D eigenvalue weighted by Gasteiger charge is 2.52. The molecule has 2 saturated heterocycles. The van der Waals surface area contributed by atoms with Crippen molar-refractivity contribution in [1.82, 2.24) is 14.1 Å². The summed E-state index contributed by atoms with van der Waals surface area (Å²) in [4.78, 5) is 41.4. The average Bonchev–Trinajstić information content (AvgIpc) is 3.38. The molecule has 0 N–H and O–H groups in total. The third-order valence-corrected chi connectivity index (χ3v) is 9.79. The molecule has 1 spiro atoms. The Balaban J connectivity index is 1.20. The van der Waals surface area contributed by atoms with Gasteiger partial charge in [0.25, 0.3) is 0 Å². The van der Waals surface area contributed by atoms with Crippen molar-refractivity contribution >= 4 is 27.7 Å². The molecule has 2 heterocycles. The maximum atomic E-state index is 13.1. The first-order valence-corrected chi connectivity index (χ1v) is 13.5. The minimum Gasteiger partial charge on any atom is -0.338 e. The van der Waals surface area contributed by atoms with Gasteiger partial charge < -0.3 is 4.90 Å². The van der Waals surface area contributed by atoms with E-state index in [9.17, 15) is 22.8 Å². The number of aryl methyl sites for hydroxylation is 2. The second-order valence-corrected chi connectivity index (χ2v) is 11.8. The Kier molecular flexibility index (Phi) is 5.81. The van der Waals surface area contributed by atoms with E-state index in [0.717, 1.165) is 61.8 Å². The molecule has 4 aliphatic rings. The molecule has 0 radical (unpaired) electrons. The summed E-state index contributed by atoms with van der Waals surface area (Å²) in [6.45, 7) is 0.680. The van der Waals surface area contributed by atoms with Crippen molar-refractivity contribution in [1.29, 1.82) is 0 Å². The second-order valence-electron chi connectivity index (χ2n) is 9.87. The molecular formula is C24H31N3O5S. The summed E-state index contributed by atoms with van der Waals surface area (Å²) in [7, 11) is -3.61. The Hall–Kier alpha value is -2.26. The van der Waals surface area contributed by atoms with Gasteiger partial charge in [0.1, 0.15) is 6.54 Å². The molecule has 2 aliphatic heterocycles. The normalized spacial score (nSPS) is 23.4. The highest BCUT2D eigenvalue weighted by Crippen LogP contribution is 2.45. The SMILES string of the molecule is O=C(CN1C(=O)CC2(CCCCC2)C1=O)N1CCN(S(=O)(=O)c2ccc3c(c2)CCC3)CC1. The molecule has 0 aromatic heterocycles. The molecule has 1 aromatic carbocycles. The second kappa shape index (κ2) is 8.51. The van der Waals surface area contributed by atoms with Crippen molar-refractivity contribution in [3.63, 3.8) is 0 Å². The zero-order valence-electron chi connectivity index (χ0n) is 18.9. The average molecular weight is 474 g/mol. The predicted octanol–water partition coefficient (Wildman–Crippen LogP) is 1.72. The van der Waals surface area contributed by atoms with Crippen LogP contribution in [0, 0.1) is 5.41 Å². The van der Waals surface area contributed by atoms with Crippen LogP contribution in [-0.4, -0.2) is 73.0 Å². The lowest BCUT2D eigenvalue weighted by molar-refractivity contribution is -0.148. The largest absolute Gasteiger partial charge is 0.338 e. The number of piperazine rings is 1. The van der Waals surface area contributed by atoms with Crippen LogP contribution in [0.1, 0.15) is 56.1 Å². The van der Waals surface area contributed by atoms with E-state index in [4.69, 9.17) is 0 Å². The van der Waals surface area contributed by atoms with Crippen LogP contribution < -0.4 is 0 Å². The fraction of sp³-hybridized carbons (Fsp3) is 0.625. The highest BCUT2D eigenvalue weighted by molar-refractivity contribution is 7.89. The highest BCUT2D eigenvalue weighted by atomic mass is 32.2. The van der Waals surface area contributed by atoms with Crippen LogP contribution in [-0.2, 0) is 37.2 Å². The number of nitrogens with zero attached hydrogens (tertiary/aromatic N) is 3. The summed E-state index contributed by atoms with van der Waals surface area (Å²) in [6, 6.07) is 5.39. The molecule has 0 unspecified atom stereocenters. The summed E-state index contributed by atoms with van der Waals surface area (Å²) in [5.74, 6) is -0.745. The van der Waals surface area contributed by atoms with Crippen LogP contribution in [0.5, 0.6) is 0 Å². The molecule has 5 rings (SSSR count). The Morgan fingerprint density at radius 2 is 1.61 bits per heavy atom. The van der Waals surface area contributed by atoms with Crippen molar-refractivity contribution in [2.45, 2.75) is 62.7 Å². The van der Waals surface area contributed by atoms with Gasteiger partial charge in [-0.3, -0.25) is 19.3 Å². The van der Waals surface area contributed by atoms with Crippen LogP contribution >= 0.6 is 0 Å². The monoisotopic (exact) mass is 473 g/mol. The van der Waals surface area contributed by atoms with E-state index in [0.29, 0.717) is 4.90 Å². The molecule has 0 bridgehead atoms. The topological polar surface area (TPSA) is 95.1 Å². The molecule has 9 heteroatoms. The Morgan fingerprint density at radius 1 is 0.909 bits per heavy atom. The van der Waals surface area contributed by atoms with Crippen molar-refractivity contribution in [3.05, 3.63) is 29.3 Å². The number of imide groups is 1. The molecular weight excluding hydrogens is 442 g/mol. The van der Waals surface area contributed by atoms with Crippen molar-refractivity contribution in [3.8, 4) is 0 Å². The van der Waals surface area contributed by atoms with Crippen LogP contribution in [0.25, 0.3) is 0 Å². The molecule has 8 nitrogen and oxygen atoms in total. The zero-order chi connectivity index (χ0) is 23.2. The summed E-state index contributed by atoms with van der Waals surface area (Å²) in [5, 5.41) is 0. The molecule has 2 aliphatic carbocycles. The minimum absolute atomic E-state index is 0.196. The maximum absolute atomic E-state index is 13.1. The van der Waals surface area contributed by atoms with E-state index in [1.807, 2.05) is 6.07 Å². The van der Waals surface area contributed by atoms with Crippen molar-refractivity contribution < 1.29 is 22.8 Å². The molecule has 1 aromatic rings. The summed E-state index contributed by atoms with van der Waals surface area (Å²) >= 11 is 0. The molecule has 33 heavy (non-hydrogen) atoms. The lowest BCUT2D eigenvalue weighted by Gasteiger charge is -2.35. The first-order chi connectivity index (χ1) is 15.8. The molecule has 0 atom stereocenters. The Morgan fingerprint density at radius 3 is 2.33 bits per heavy atom. The molecule has 3 amide bonds. The van der Waals surface area contributed by atoms with Gasteiger partial charge in [0.2, 0.25) is 27.7 Å². The van der Waals surface area contributed by atoms with Gasteiger partial charge in [-0.2, -0.15) is 4.31 Å². The standard InChI is InChI=1S/C24H31N3O5S/c28-21-16-24(9-2-1-3-10-24)23(30)27(21)17-22(29)25-11-13-26(14-12-25)33(31,32)20-8-7-18-5-4-6-19(18)15-20/h7-8,15H,1-6,9-14,16-17H2. The van der Waals surface area contributed by atoms with E-state index < -0.39 is 15.4 Å². The van der Waals surface area contributed by atoms with Gasteiger partial charge in [-0.15, -0.1) is 0 Å². The van der Waals surface area contributed by atoms with Crippen LogP contribution in [0.3, 0.4) is 0 Å². The number of likely N-dealkylation sites (tertiary alicyclic amines) is 1. The number of benzene rings is 1. The fourth-order valence-corrected chi connectivity index (χ4v) is 7.38. The number of amides is 3. The third kappa shape index (κ3) is 3.99. The van der Waals surface area contributed by atoms with Gasteiger partial charge in [-0.1, -0.05) is 25.3 Å². The van der Waals surface area contributed by atoms with E-state index in [2.05, 4.69) is 0 Å². The van der Waals surface area contributed by atoms with Crippen molar-refractivity contribution in [2.24, 2.45) is 5.41 Å². The maximum Gasteiger partial charge on any atom is 0.243 e. The number of carbonyl (C=O) groups excluding carboxylic acids is 3. The van der Waals surface area contributed by atoms with Crippen LogP contribution in [0.2, 0.25) is 0 Å². The lowest BCUT2D eigenvalue weighted by atomic mass is 9.73. The number of hydrogen-bond donors (Lipinski definition) is 0. The minimum atomic E-state index is -3.61. The zero-order valence-corrected chi connectivity index (χ0v) is 19.7. The third-order valence-electron chi connectivity index (χ3n) is 7.89. The van der Waals surface area contributed by atoms with Crippen LogP contribution in [0.4, 0.5) is 0 Å². The van der Waals surface area contributed by atoms with Gasteiger partial charge in [-0.25, -0.2) is 8.42 Å². The van der Waals surface area contributed by atoms with Gasteiger partial charge in [0.15, 0.2) is 0 Å². The van der Waals surface area contributed by atoms with E-state index >= 15 is 0 Å². The first-order valence-electron chi connectivity index (χ1n) is 12.0. The van der Waals surface area contributed by atoms with Gasteiger partial charge in [0.05, 0.1) is 10.3 Å². The van der Waals surface area contributed by atoms with E-state index in [1.165, 1.54) is 9.87 Å². The number of sulfonamides is 1. The quantitative estimate of drug-likeness (QED) is 0.621. The van der Waals surface area contributed by atoms with Gasteiger partial charge in [0, 0.05) is 32.6 Å². The van der Waals surface area contributed by atoms with E-state index in [1.54, 1.807) is 17.0 Å². The summed E-state index contributed by atoms with van der Waals surface area (Å²) in [5.41, 5.74) is 1.74. The predicted molar refractivity (Wildman–Crippen MR) is 121 cm³/mol. The van der Waals surface area contributed by atoms with Crippen molar-refractivity contribution in [2.75, 3.05) is 32.7 Å². The Labute approximate surface area is 195 Å². The van der Waals surface area contributed by atoms with Gasteiger partial charge >= 0.3 is 0 Å². The lowest BCUT2D eigenvalue weighted by Crippen LogP contribution is -2.53. The number of rotatable bonds is 4. The Bertz CT molecular complexity index is 1090. The molecule has 3 fully saturated rings.